The second kappa shape index (κ2) is 12.0. The van der Waals surface area contributed by atoms with Crippen LogP contribution in [-0.4, -0.2) is 52.8 Å². The first-order valence-corrected chi connectivity index (χ1v) is 13.8. The number of nitrogens with zero attached hydrogens (tertiary/aromatic N) is 4. The molecule has 44 heavy (non-hydrogen) atoms. The molecule has 7 nitrogen and oxygen atoms in total. The first-order chi connectivity index (χ1) is 20.6. The Morgan fingerprint density at radius 3 is 2.30 bits per heavy atom. The van der Waals surface area contributed by atoms with Gasteiger partial charge in [-0.05, 0) is 42.0 Å². The molecule has 1 aromatic heterocycles. The predicted molar refractivity (Wildman–Crippen MR) is 153 cm³/mol. The van der Waals surface area contributed by atoms with Crippen molar-refractivity contribution in [3.05, 3.63) is 81.1 Å². The van der Waals surface area contributed by atoms with Crippen molar-refractivity contribution >= 4 is 57.5 Å². The minimum Gasteiger partial charge on any atom is -0.368 e. The molecule has 2 N–H and O–H groups in total. The van der Waals surface area contributed by atoms with Crippen LogP contribution in [0.5, 0.6) is 0 Å². The molecule has 234 valence electrons. The van der Waals surface area contributed by atoms with E-state index < -0.39 is 29.8 Å². The average Bonchev–Trinajstić information content (AvgIpc) is 3.23. The van der Waals surface area contributed by atoms with Crippen LogP contribution in [0.3, 0.4) is 0 Å². The minimum atomic E-state index is -4.75. The molecule has 2 heterocycles. The topological polar surface area (TPSA) is 65.4 Å². The maximum Gasteiger partial charge on any atom is 0.460 e. The molecular formula is C28H23Cl2F7N6O. The number of piperazine rings is 1. The van der Waals surface area contributed by atoms with Crippen molar-refractivity contribution in [1.29, 1.82) is 0 Å². The smallest absolute Gasteiger partial charge is 0.368 e. The predicted octanol–water partition coefficient (Wildman–Crippen LogP) is 7.35. The first-order valence-electron chi connectivity index (χ1n) is 13.1. The molecule has 1 aliphatic rings. The summed E-state index contributed by atoms with van der Waals surface area (Å²) in [6, 6.07) is 10.1. The molecule has 0 bridgehead atoms. The average molecular weight is 663 g/mol. The zero-order chi connectivity index (χ0) is 32.0. The van der Waals surface area contributed by atoms with Crippen molar-refractivity contribution in [3.63, 3.8) is 0 Å². The molecule has 0 radical (unpaired) electrons. The van der Waals surface area contributed by atoms with E-state index in [-0.39, 0.29) is 65.5 Å². The summed E-state index contributed by atoms with van der Waals surface area (Å²) < 4.78 is 96.6. The third-order valence-electron chi connectivity index (χ3n) is 7.21. The van der Waals surface area contributed by atoms with E-state index >= 15 is 0 Å². The molecule has 0 atom stereocenters. The van der Waals surface area contributed by atoms with E-state index in [1.807, 2.05) is 0 Å². The number of amides is 1. The molecule has 0 spiro atoms. The molecule has 3 aromatic carbocycles. The molecule has 4 aromatic rings. The van der Waals surface area contributed by atoms with Gasteiger partial charge in [-0.3, -0.25) is 4.79 Å². The van der Waals surface area contributed by atoms with Gasteiger partial charge in [0.2, 0.25) is 5.95 Å². The van der Waals surface area contributed by atoms with Gasteiger partial charge >= 0.3 is 12.5 Å². The Morgan fingerprint density at radius 2 is 1.66 bits per heavy atom. The highest BCUT2D eigenvalue weighted by atomic mass is 35.5. The maximum atomic E-state index is 14.1. The number of benzene rings is 3. The lowest BCUT2D eigenvalue weighted by Gasteiger charge is -2.37. The van der Waals surface area contributed by atoms with Crippen LogP contribution in [0.1, 0.15) is 21.5 Å². The van der Waals surface area contributed by atoms with Crippen LogP contribution >= 0.6 is 23.2 Å². The molecule has 0 unspecified atom stereocenters. The Kier molecular flexibility index (Phi) is 8.62. The van der Waals surface area contributed by atoms with Gasteiger partial charge in [-0.15, -0.1) is 0 Å². The maximum absolute atomic E-state index is 14.1. The lowest BCUT2D eigenvalue weighted by atomic mass is 10.1. The van der Waals surface area contributed by atoms with Crippen LogP contribution in [0.2, 0.25) is 10.0 Å². The van der Waals surface area contributed by atoms with Gasteiger partial charge in [0.1, 0.15) is 5.82 Å². The van der Waals surface area contributed by atoms with Gasteiger partial charge in [0.05, 0.1) is 43.6 Å². The van der Waals surface area contributed by atoms with E-state index in [4.69, 9.17) is 23.2 Å². The molecule has 1 saturated heterocycles. The molecular weight excluding hydrogens is 640 g/mol. The van der Waals surface area contributed by atoms with Crippen molar-refractivity contribution in [1.82, 2.24) is 19.8 Å². The van der Waals surface area contributed by atoms with E-state index in [0.717, 1.165) is 12.1 Å². The van der Waals surface area contributed by atoms with E-state index in [2.05, 4.69) is 15.6 Å². The number of nitrogens with one attached hydrogen (secondary N) is 2. The number of aryl methyl sites for hydroxylation is 1. The third-order valence-corrected chi connectivity index (χ3v) is 7.82. The number of imidazole rings is 1. The summed E-state index contributed by atoms with van der Waals surface area (Å²) in [5.41, 5.74) is -0.193. The van der Waals surface area contributed by atoms with Crippen molar-refractivity contribution < 1.29 is 35.5 Å². The van der Waals surface area contributed by atoms with E-state index in [0.29, 0.717) is 21.6 Å². The molecule has 16 heteroatoms. The number of hydrogen-bond donors (Lipinski definition) is 2. The number of anilines is 3. The summed E-state index contributed by atoms with van der Waals surface area (Å²) in [6.07, 6.45) is -9.18. The fourth-order valence-electron chi connectivity index (χ4n) is 4.91. The third kappa shape index (κ3) is 6.52. The second-order valence-corrected chi connectivity index (χ2v) is 10.8. The molecule has 1 fully saturated rings. The van der Waals surface area contributed by atoms with Gasteiger partial charge in [0, 0.05) is 39.8 Å². The number of alkyl halides is 6. The van der Waals surface area contributed by atoms with Crippen LogP contribution in [0.15, 0.2) is 48.5 Å². The number of carbonyl (C=O) groups excluding carboxylic acids is 1. The molecule has 1 amide bonds. The lowest BCUT2D eigenvalue weighted by molar-refractivity contribution is -0.246. The highest BCUT2D eigenvalue weighted by Crippen LogP contribution is 2.38. The number of rotatable bonds is 6. The highest BCUT2D eigenvalue weighted by Gasteiger charge is 2.39. The van der Waals surface area contributed by atoms with Crippen molar-refractivity contribution in [3.8, 4) is 0 Å². The molecule has 1 aliphatic heterocycles. The van der Waals surface area contributed by atoms with Gasteiger partial charge < -0.3 is 20.1 Å². The quantitative estimate of drug-likeness (QED) is 0.167. The largest absolute Gasteiger partial charge is 0.460 e. The number of aromatic nitrogens is 2. The van der Waals surface area contributed by atoms with Crippen molar-refractivity contribution in [2.24, 2.45) is 7.05 Å². The Labute approximate surface area is 256 Å². The van der Waals surface area contributed by atoms with E-state index in [9.17, 15) is 35.5 Å². The minimum absolute atomic E-state index is 0.0277. The molecule has 5 rings (SSSR count). The zero-order valence-electron chi connectivity index (χ0n) is 22.8. The molecule has 0 saturated carbocycles. The fourth-order valence-corrected chi connectivity index (χ4v) is 5.44. The van der Waals surface area contributed by atoms with Gasteiger partial charge in [-0.1, -0.05) is 35.3 Å². The van der Waals surface area contributed by atoms with Gasteiger partial charge in [0.25, 0.3) is 5.91 Å². The summed E-state index contributed by atoms with van der Waals surface area (Å²) in [6.45, 7) is -0.607. The fraction of sp³-hybridized carbons (Fsp3) is 0.286. The standard InChI is InChI=1S/C28H23Cl2F7N6O/c1-41-23-13-22(42-7-9-43(10-8-42)28(35,36)37)18(30)12-21(23)40-26(41)39-20-11-15(5-6-16(20)27(32,33)34)14-38-25(44)24-17(29)3-2-4-19(24)31/h2-6,11-13H,7-10,14H2,1H3,(H,38,44)(H,39,40). The van der Waals surface area contributed by atoms with Crippen LogP contribution < -0.4 is 15.5 Å². The van der Waals surface area contributed by atoms with Crippen molar-refractivity contribution in [2.45, 2.75) is 19.0 Å². The normalized spacial score (nSPS) is 14.7. The SMILES string of the molecule is Cn1c(Nc2cc(CNC(=O)c3c(F)cccc3Cl)ccc2C(F)(F)F)nc2cc(Cl)c(N3CCN(C(F)(F)F)CC3)cc21. The van der Waals surface area contributed by atoms with Crippen LogP contribution in [-0.2, 0) is 19.8 Å². The number of hydrogen-bond acceptors (Lipinski definition) is 5. The van der Waals surface area contributed by atoms with Gasteiger partial charge in [-0.2, -0.15) is 26.3 Å². The van der Waals surface area contributed by atoms with Crippen molar-refractivity contribution in [2.75, 3.05) is 36.4 Å². The number of halogens is 9. The highest BCUT2D eigenvalue weighted by molar-refractivity contribution is 6.34. The van der Waals surface area contributed by atoms with Gasteiger partial charge in [-0.25, -0.2) is 14.3 Å². The summed E-state index contributed by atoms with van der Waals surface area (Å²) in [7, 11) is 1.56. The molecule has 0 aliphatic carbocycles. The Bertz CT molecular complexity index is 1700. The first kappa shape index (κ1) is 31.7. The lowest BCUT2D eigenvalue weighted by Crippen LogP contribution is -2.52. The van der Waals surface area contributed by atoms with Gasteiger partial charge in [0.15, 0.2) is 0 Å². The zero-order valence-corrected chi connectivity index (χ0v) is 24.3. The van der Waals surface area contributed by atoms with Crippen LogP contribution in [0.4, 0.5) is 48.1 Å². The Hall–Kier alpha value is -3.75. The summed E-state index contributed by atoms with van der Waals surface area (Å²) in [4.78, 5) is 19.0. The Morgan fingerprint density at radius 1 is 0.955 bits per heavy atom. The summed E-state index contributed by atoms with van der Waals surface area (Å²) in [5.74, 6) is -1.66. The van der Waals surface area contributed by atoms with E-state index in [1.165, 1.54) is 34.9 Å². The second-order valence-electron chi connectivity index (χ2n) is 10.0. The summed E-state index contributed by atoms with van der Waals surface area (Å²) >= 11 is 12.4. The summed E-state index contributed by atoms with van der Waals surface area (Å²) in [5, 5.41) is 5.27. The van der Waals surface area contributed by atoms with Crippen LogP contribution in [0.25, 0.3) is 11.0 Å². The number of carbonyl (C=O) groups is 1. The Balaban J connectivity index is 1.40. The number of fused-ring (bicyclic) bond motifs is 1. The van der Waals surface area contributed by atoms with E-state index in [1.54, 1.807) is 18.0 Å². The van der Waals surface area contributed by atoms with Crippen LogP contribution in [0, 0.1) is 5.82 Å². The monoisotopic (exact) mass is 662 g/mol.